The first-order valence-corrected chi connectivity index (χ1v) is 7.03. The third-order valence-electron chi connectivity index (χ3n) is 4.06. The van der Waals surface area contributed by atoms with Gasteiger partial charge >= 0.3 is 0 Å². The molecular weight excluding hydrogens is 254 g/mol. The molecule has 3 heterocycles. The molecule has 2 atom stereocenters. The maximum absolute atomic E-state index is 4.51. The Bertz CT molecular complexity index is 593. The summed E-state index contributed by atoms with van der Waals surface area (Å²) in [6.07, 6.45) is 3.89. The molecular formula is C13H21N7. The van der Waals surface area contributed by atoms with Crippen molar-refractivity contribution in [2.24, 2.45) is 0 Å². The molecule has 2 unspecified atom stereocenters. The summed E-state index contributed by atoms with van der Waals surface area (Å²) >= 11 is 0. The van der Waals surface area contributed by atoms with E-state index in [9.17, 15) is 0 Å². The molecule has 0 bridgehead atoms. The molecule has 0 amide bonds. The Kier molecular flexibility index (Phi) is 3.43. The first-order chi connectivity index (χ1) is 9.67. The summed E-state index contributed by atoms with van der Waals surface area (Å²) in [4.78, 5) is 18.6. The number of hydrogen-bond donors (Lipinski definition) is 3. The number of anilines is 2. The molecule has 108 valence electrons. The van der Waals surface area contributed by atoms with Crippen molar-refractivity contribution in [3.05, 3.63) is 6.33 Å². The summed E-state index contributed by atoms with van der Waals surface area (Å²) in [5.74, 6) is 1.42. The fraction of sp³-hybridized carbons (Fsp3) is 0.615. The number of nitrogens with zero attached hydrogens (tertiary/aromatic N) is 4. The van der Waals surface area contributed by atoms with E-state index in [0.717, 1.165) is 30.7 Å². The van der Waals surface area contributed by atoms with Crippen LogP contribution < -0.4 is 10.6 Å². The average molecular weight is 275 g/mol. The Hall–Kier alpha value is -1.89. The number of rotatable bonds is 3. The lowest BCUT2D eigenvalue weighted by Gasteiger charge is -2.35. The Balaban J connectivity index is 1.85. The van der Waals surface area contributed by atoms with Crippen LogP contribution in [0.25, 0.3) is 11.2 Å². The van der Waals surface area contributed by atoms with Gasteiger partial charge in [-0.3, -0.25) is 0 Å². The van der Waals surface area contributed by atoms with Gasteiger partial charge in [0.1, 0.15) is 5.52 Å². The van der Waals surface area contributed by atoms with Crippen molar-refractivity contribution in [2.45, 2.75) is 31.8 Å². The summed E-state index contributed by atoms with van der Waals surface area (Å²) in [5.41, 5.74) is 1.56. The number of aromatic amines is 1. The zero-order valence-electron chi connectivity index (χ0n) is 12.1. The topological polar surface area (TPSA) is 81.8 Å². The van der Waals surface area contributed by atoms with Crippen LogP contribution in [0.4, 0.5) is 11.8 Å². The van der Waals surface area contributed by atoms with Crippen molar-refractivity contribution >= 4 is 22.9 Å². The van der Waals surface area contributed by atoms with Gasteiger partial charge in [0.2, 0.25) is 5.95 Å². The van der Waals surface area contributed by atoms with E-state index >= 15 is 0 Å². The fourth-order valence-electron chi connectivity index (χ4n) is 2.66. The van der Waals surface area contributed by atoms with Gasteiger partial charge in [0.15, 0.2) is 11.5 Å². The molecule has 3 rings (SSSR count). The van der Waals surface area contributed by atoms with Gasteiger partial charge in [-0.25, -0.2) is 4.98 Å². The smallest absolute Gasteiger partial charge is 0.226 e. The number of fused-ring (bicyclic) bond motifs is 1. The SMILES string of the molecule is CNc1nc(NC2CCN(C)C(C)C2)c2[nH]cnc2n1. The molecule has 0 aliphatic carbocycles. The minimum atomic E-state index is 0.437. The van der Waals surface area contributed by atoms with E-state index in [4.69, 9.17) is 0 Å². The van der Waals surface area contributed by atoms with E-state index < -0.39 is 0 Å². The number of hydrogen-bond acceptors (Lipinski definition) is 6. The summed E-state index contributed by atoms with van der Waals surface area (Å²) < 4.78 is 0. The highest BCUT2D eigenvalue weighted by Crippen LogP contribution is 2.23. The molecule has 0 spiro atoms. The highest BCUT2D eigenvalue weighted by atomic mass is 15.2. The predicted octanol–water partition coefficient (Wildman–Crippen LogP) is 1.29. The maximum Gasteiger partial charge on any atom is 0.226 e. The highest BCUT2D eigenvalue weighted by molar-refractivity contribution is 5.83. The van der Waals surface area contributed by atoms with E-state index in [0.29, 0.717) is 23.7 Å². The Morgan fingerprint density at radius 3 is 3.00 bits per heavy atom. The quantitative estimate of drug-likeness (QED) is 0.783. The van der Waals surface area contributed by atoms with Crippen molar-refractivity contribution in [1.29, 1.82) is 0 Å². The van der Waals surface area contributed by atoms with Gasteiger partial charge in [0.05, 0.1) is 6.33 Å². The molecule has 0 radical (unpaired) electrons. The lowest BCUT2D eigenvalue weighted by atomic mass is 9.99. The second-order valence-corrected chi connectivity index (χ2v) is 5.44. The summed E-state index contributed by atoms with van der Waals surface area (Å²) in [6, 6.07) is 1.02. The summed E-state index contributed by atoms with van der Waals surface area (Å²) in [5, 5.41) is 6.52. The highest BCUT2D eigenvalue weighted by Gasteiger charge is 2.23. The Morgan fingerprint density at radius 1 is 1.40 bits per heavy atom. The molecule has 0 saturated carbocycles. The van der Waals surface area contributed by atoms with Gasteiger partial charge in [-0.2, -0.15) is 9.97 Å². The maximum atomic E-state index is 4.51. The summed E-state index contributed by atoms with van der Waals surface area (Å²) in [6.45, 7) is 3.37. The molecule has 1 fully saturated rings. The number of H-pyrrole nitrogens is 1. The second kappa shape index (κ2) is 5.24. The van der Waals surface area contributed by atoms with E-state index in [2.05, 4.69) is 49.4 Å². The van der Waals surface area contributed by atoms with Crippen LogP contribution in [0.15, 0.2) is 6.33 Å². The van der Waals surface area contributed by atoms with Gasteiger partial charge in [-0.1, -0.05) is 0 Å². The van der Waals surface area contributed by atoms with Crippen molar-refractivity contribution in [1.82, 2.24) is 24.8 Å². The molecule has 2 aromatic rings. The van der Waals surface area contributed by atoms with Crippen molar-refractivity contribution in [3.63, 3.8) is 0 Å². The minimum absolute atomic E-state index is 0.437. The van der Waals surface area contributed by atoms with E-state index in [-0.39, 0.29) is 0 Å². The van der Waals surface area contributed by atoms with Gasteiger partial charge < -0.3 is 20.5 Å². The molecule has 1 aliphatic heterocycles. The number of aromatic nitrogens is 4. The van der Waals surface area contributed by atoms with Crippen LogP contribution in [-0.2, 0) is 0 Å². The Labute approximate surface area is 118 Å². The second-order valence-electron chi connectivity index (χ2n) is 5.44. The van der Waals surface area contributed by atoms with Gasteiger partial charge in [0.25, 0.3) is 0 Å². The molecule has 7 nitrogen and oxygen atoms in total. The van der Waals surface area contributed by atoms with E-state index in [1.807, 2.05) is 7.05 Å². The number of piperidine rings is 1. The molecule has 1 saturated heterocycles. The zero-order valence-corrected chi connectivity index (χ0v) is 12.1. The van der Waals surface area contributed by atoms with Gasteiger partial charge in [0, 0.05) is 25.7 Å². The molecule has 3 N–H and O–H groups in total. The molecule has 20 heavy (non-hydrogen) atoms. The largest absolute Gasteiger partial charge is 0.365 e. The van der Waals surface area contributed by atoms with Crippen molar-refractivity contribution < 1.29 is 0 Å². The van der Waals surface area contributed by atoms with Crippen LogP contribution in [-0.4, -0.2) is 57.6 Å². The molecule has 1 aliphatic rings. The lowest BCUT2D eigenvalue weighted by molar-refractivity contribution is 0.190. The fourth-order valence-corrected chi connectivity index (χ4v) is 2.66. The molecule has 0 aromatic carbocycles. The van der Waals surface area contributed by atoms with Crippen LogP contribution in [0.5, 0.6) is 0 Å². The van der Waals surface area contributed by atoms with Crippen LogP contribution in [0.1, 0.15) is 19.8 Å². The lowest BCUT2D eigenvalue weighted by Crippen LogP contribution is -2.42. The first kappa shape index (κ1) is 13.1. The van der Waals surface area contributed by atoms with E-state index in [1.54, 1.807) is 6.33 Å². The van der Waals surface area contributed by atoms with Crippen LogP contribution >= 0.6 is 0 Å². The molecule has 2 aromatic heterocycles. The standard InChI is InChI=1S/C13H21N7/c1-8-6-9(4-5-20(8)3)17-12-10-11(16-7-15-10)18-13(14-2)19-12/h7-9H,4-6H2,1-3H3,(H3,14,15,16,17,18,19). The normalized spacial score (nSPS) is 23.9. The van der Waals surface area contributed by atoms with Crippen molar-refractivity contribution in [3.8, 4) is 0 Å². The van der Waals surface area contributed by atoms with Gasteiger partial charge in [-0.15, -0.1) is 0 Å². The third kappa shape index (κ3) is 2.40. The molecule has 7 heteroatoms. The average Bonchev–Trinajstić information content (AvgIpc) is 2.91. The minimum Gasteiger partial charge on any atom is -0.365 e. The monoisotopic (exact) mass is 275 g/mol. The first-order valence-electron chi connectivity index (χ1n) is 7.03. The van der Waals surface area contributed by atoms with Crippen LogP contribution in [0.3, 0.4) is 0 Å². The summed E-state index contributed by atoms with van der Waals surface area (Å²) in [7, 11) is 3.99. The predicted molar refractivity (Wildman–Crippen MR) is 80.0 cm³/mol. The Morgan fingerprint density at radius 2 is 2.25 bits per heavy atom. The zero-order chi connectivity index (χ0) is 14.1. The van der Waals surface area contributed by atoms with Gasteiger partial charge in [-0.05, 0) is 26.8 Å². The number of imidazole rings is 1. The van der Waals surface area contributed by atoms with Crippen LogP contribution in [0.2, 0.25) is 0 Å². The van der Waals surface area contributed by atoms with Crippen LogP contribution in [0, 0.1) is 0 Å². The number of nitrogens with one attached hydrogen (secondary N) is 3. The van der Waals surface area contributed by atoms with E-state index in [1.165, 1.54) is 0 Å². The number of likely N-dealkylation sites (tertiary alicyclic amines) is 1. The van der Waals surface area contributed by atoms with Crippen molar-refractivity contribution in [2.75, 3.05) is 31.3 Å². The third-order valence-corrected chi connectivity index (χ3v) is 4.06.